The summed E-state index contributed by atoms with van der Waals surface area (Å²) in [6.07, 6.45) is 0. The SMILES string of the molecule is COC(=O)C(C)C1C(C(=O)O)C1(F)F. The van der Waals surface area contributed by atoms with Crippen molar-refractivity contribution in [2.75, 3.05) is 7.11 Å². The van der Waals surface area contributed by atoms with Crippen LogP contribution in [-0.4, -0.2) is 30.1 Å². The van der Waals surface area contributed by atoms with Gasteiger partial charge in [0.15, 0.2) is 0 Å². The van der Waals surface area contributed by atoms with E-state index in [9.17, 15) is 18.4 Å². The van der Waals surface area contributed by atoms with Crippen LogP contribution >= 0.6 is 0 Å². The second-order valence-electron chi connectivity index (χ2n) is 3.33. The summed E-state index contributed by atoms with van der Waals surface area (Å²) in [4.78, 5) is 21.3. The van der Waals surface area contributed by atoms with Crippen LogP contribution in [0.2, 0.25) is 0 Å². The van der Waals surface area contributed by atoms with Crippen LogP contribution in [0.15, 0.2) is 0 Å². The molecule has 1 rings (SSSR count). The van der Waals surface area contributed by atoms with Gasteiger partial charge >= 0.3 is 11.9 Å². The molecule has 14 heavy (non-hydrogen) atoms. The van der Waals surface area contributed by atoms with Gasteiger partial charge < -0.3 is 9.84 Å². The maximum Gasteiger partial charge on any atom is 0.313 e. The van der Waals surface area contributed by atoms with E-state index in [0.717, 1.165) is 7.11 Å². The van der Waals surface area contributed by atoms with E-state index in [1.165, 1.54) is 6.92 Å². The van der Waals surface area contributed by atoms with E-state index in [1.54, 1.807) is 0 Å². The van der Waals surface area contributed by atoms with Crippen LogP contribution in [0.3, 0.4) is 0 Å². The van der Waals surface area contributed by atoms with Gasteiger partial charge in [0.1, 0.15) is 5.92 Å². The molecule has 0 saturated heterocycles. The predicted molar refractivity (Wildman–Crippen MR) is 40.7 cm³/mol. The number of carboxylic acids is 1. The molecule has 6 heteroatoms. The Labute approximate surface area is 78.8 Å². The average Bonchev–Trinajstić information content (AvgIpc) is 2.66. The molecule has 1 saturated carbocycles. The highest BCUT2D eigenvalue weighted by Gasteiger charge is 2.75. The van der Waals surface area contributed by atoms with E-state index in [0.29, 0.717) is 0 Å². The number of aliphatic carboxylic acids is 1. The van der Waals surface area contributed by atoms with E-state index in [-0.39, 0.29) is 0 Å². The molecule has 0 aromatic carbocycles. The molecule has 1 fully saturated rings. The number of hydrogen-bond donors (Lipinski definition) is 1. The standard InChI is InChI=1S/C8H10F2O4/c1-3(7(13)14-2)4-5(6(11)12)8(4,9)10/h3-5H,1-2H3,(H,11,12). The quantitative estimate of drug-likeness (QED) is 0.695. The summed E-state index contributed by atoms with van der Waals surface area (Å²) in [5, 5.41) is 8.43. The van der Waals surface area contributed by atoms with Gasteiger partial charge in [0, 0.05) is 0 Å². The fraction of sp³-hybridized carbons (Fsp3) is 0.750. The zero-order valence-electron chi connectivity index (χ0n) is 7.66. The first-order valence-corrected chi connectivity index (χ1v) is 4.02. The Bertz CT molecular complexity index is 277. The monoisotopic (exact) mass is 208 g/mol. The third-order valence-electron chi connectivity index (χ3n) is 2.49. The van der Waals surface area contributed by atoms with Gasteiger partial charge in [-0.15, -0.1) is 0 Å². The van der Waals surface area contributed by atoms with Crippen LogP contribution in [0.5, 0.6) is 0 Å². The summed E-state index contributed by atoms with van der Waals surface area (Å²) in [5.41, 5.74) is 0. The molecule has 0 aromatic heterocycles. The molecular formula is C8H10F2O4. The lowest BCUT2D eigenvalue weighted by atomic mass is 10.1. The van der Waals surface area contributed by atoms with Crippen molar-refractivity contribution in [2.24, 2.45) is 17.8 Å². The van der Waals surface area contributed by atoms with Crippen LogP contribution in [0.25, 0.3) is 0 Å². The molecule has 4 nitrogen and oxygen atoms in total. The van der Waals surface area contributed by atoms with E-state index >= 15 is 0 Å². The van der Waals surface area contributed by atoms with Gasteiger partial charge in [-0.1, -0.05) is 6.92 Å². The lowest BCUT2D eigenvalue weighted by Crippen LogP contribution is -2.18. The molecule has 0 spiro atoms. The molecule has 80 valence electrons. The number of carbonyl (C=O) groups excluding carboxylic acids is 1. The summed E-state index contributed by atoms with van der Waals surface area (Å²) in [5.74, 6) is -9.95. The smallest absolute Gasteiger partial charge is 0.313 e. The van der Waals surface area contributed by atoms with Gasteiger partial charge in [-0.3, -0.25) is 9.59 Å². The molecular weight excluding hydrogens is 198 g/mol. The van der Waals surface area contributed by atoms with Gasteiger partial charge in [-0.2, -0.15) is 0 Å². The van der Waals surface area contributed by atoms with Crippen molar-refractivity contribution in [3.63, 3.8) is 0 Å². The lowest BCUT2D eigenvalue weighted by Gasteiger charge is -2.06. The summed E-state index contributed by atoms with van der Waals surface area (Å²) >= 11 is 0. The van der Waals surface area contributed by atoms with E-state index in [1.807, 2.05) is 0 Å². The lowest BCUT2D eigenvalue weighted by molar-refractivity contribution is -0.146. The van der Waals surface area contributed by atoms with Gasteiger partial charge in [-0.05, 0) is 0 Å². The summed E-state index contributed by atoms with van der Waals surface area (Å²) in [6, 6.07) is 0. The number of halogens is 2. The number of hydrogen-bond acceptors (Lipinski definition) is 3. The Balaban J connectivity index is 2.73. The highest BCUT2D eigenvalue weighted by Crippen LogP contribution is 2.59. The number of carboxylic acid groups (broad SMARTS) is 1. The normalized spacial score (nSPS) is 30.6. The number of rotatable bonds is 3. The van der Waals surface area contributed by atoms with Crippen LogP contribution < -0.4 is 0 Å². The molecule has 0 heterocycles. The molecule has 1 N–H and O–H groups in total. The minimum atomic E-state index is -3.29. The number of alkyl halides is 2. The zero-order valence-corrected chi connectivity index (χ0v) is 7.66. The Morgan fingerprint density at radius 1 is 1.50 bits per heavy atom. The van der Waals surface area contributed by atoms with Crippen molar-refractivity contribution in [3.05, 3.63) is 0 Å². The van der Waals surface area contributed by atoms with Crippen LogP contribution in [0.4, 0.5) is 8.78 Å². The Kier molecular flexibility index (Phi) is 2.47. The largest absolute Gasteiger partial charge is 0.481 e. The zero-order chi connectivity index (χ0) is 11.1. The van der Waals surface area contributed by atoms with Crippen molar-refractivity contribution in [1.29, 1.82) is 0 Å². The minimum absolute atomic E-state index is 0.807. The number of methoxy groups -OCH3 is 1. The average molecular weight is 208 g/mol. The Morgan fingerprint density at radius 2 is 2.00 bits per heavy atom. The van der Waals surface area contributed by atoms with Gasteiger partial charge in [0.05, 0.1) is 18.9 Å². The second-order valence-corrected chi connectivity index (χ2v) is 3.33. The van der Waals surface area contributed by atoms with Crippen LogP contribution in [0, 0.1) is 17.8 Å². The molecule has 3 unspecified atom stereocenters. The van der Waals surface area contributed by atoms with Crippen LogP contribution in [-0.2, 0) is 14.3 Å². The summed E-state index contributed by atoms with van der Waals surface area (Å²) in [6.45, 7) is 1.24. The molecule has 0 bridgehead atoms. The first kappa shape index (κ1) is 10.9. The van der Waals surface area contributed by atoms with Gasteiger partial charge in [0.25, 0.3) is 5.92 Å². The molecule has 1 aliphatic rings. The van der Waals surface area contributed by atoms with Crippen molar-refractivity contribution in [3.8, 4) is 0 Å². The molecule has 0 aromatic rings. The highest BCUT2D eigenvalue weighted by atomic mass is 19.3. The third-order valence-corrected chi connectivity index (χ3v) is 2.49. The maximum atomic E-state index is 12.9. The van der Waals surface area contributed by atoms with Crippen molar-refractivity contribution < 1.29 is 28.2 Å². The topological polar surface area (TPSA) is 63.6 Å². The number of ether oxygens (including phenoxy) is 1. The van der Waals surface area contributed by atoms with Crippen molar-refractivity contribution in [1.82, 2.24) is 0 Å². The summed E-state index contributed by atoms with van der Waals surface area (Å²) < 4.78 is 30.0. The van der Waals surface area contributed by atoms with Crippen molar-refractivity contribution in [2.45, 2.75) is 12.8 Å². The van der Waals surface area contributed by atoms with Gasteiger partial charge in [-0.25, -0.2) is 8.78 Å². The minimum Gasteiger partial charge on any atom is -0.481 e. The van der Waals surface area contributed by atoms with Crippen LogP contribution in [0.1, 0.15) is 6.92 Å². The number of esters is 1. The van der Waals surface area contributed by atoms with E-state index in [2.05, 4.69) is 4.74 Å². The fourth-order valence-electron chi connectivity index (χ4n) is 1.62. The molecule has 3 atom stereocenters. The second kappa shape index (κ2) is 3.18. The predicted octanol–water partition coefficient (Wildman–Crippen LogP) is 0.761. The maximum absolute atomic E-state index is 12.9. The highest BCUT2D eigenvalue weighted by molar-refractivity contribution is 5.80. The molecule has 0 aliphatic heterocycles. The van der Waals surface area contributed by atoms with Gasteiger partial charge in [0.2, 0.25) is 0 Å². The molecule has 0 amide bonds. The molecule has 0 radical (unpaired) electrons. The van der Waals surface area contributed by atoms with E-state index < -0.39 is 35.6 Å². The Hall–Kier alpha value is -1.20. The fourth-order valence-corrected chi connectivity index (χ4v) is 1.62. The first-order chi connectivity index (χ1) is 6.34. The number of carbonyl (C=O) groups is 2. The van der Waals surface area contributed by atoms with E-state index in [4.69, 9.17) is 5.11 Å². The van der Waals surface area contributed by atoms with Crippen molar-refractivity contribution >= 4 is 11.9 Å². The third kappa shape index (κ3) is 1.44. The Morgan fingerprint density at radius 3 is 2.29 bits per heavy atom. The first-order valence-electron chi connectivity index (χ1n) is 4.02. The molecule has 1 aliphatic carbocycles. The summed E-state index contributed by atoms with van der Waals surface area (Å²) in [7, 11) is 1.08.